The molecule has 0 N–H and O–H groups in total. The number of halogens is 1. The van der Waals surface area contributed by atoms with E-state index in [0.29, 0.717) is 19.1 Å². The van der Waals surface area contributed by atoms with Crippen molar-refractivity contribution in [3.05, 3.63) is 60.0 Å². The second-order valence-corrected chi connectivity index (χ2v) is 7.32. The summed E-state index contributed by atoms with van der Waals surface area (Å²) in [5, 5.41) is 0. The van der Waals surface area contributed by atoms with Gasteiger partial charge in [-0.1, -0.05) is 18.2 Å². The normalized spacial score (nSPS) is 17.4. The Morgan fingerprint density at radius 2 is 1.81 bits per heavy atom. The summed E-state index contributed by atoms with van der Waals surface area (Å²) in [7, 11) is 0. The van der Waals surface area contributed by atoms with Crippen molar-refractivity contribution >= 4 is 11.7 Å². The molecule has 2 fully saturated rings. The molecule has 5 nitrogen and oxygen atoms in total. The molecule has 27 heavy (non-hydrogen) atoms. The van der Waals surface area contributed by atoms with Crippen molar-refractivity contribution in [1.82, 2.24) is 14.8 Å². The molecule has 1 aliphatic carbocycles. The predicted octanol–water partition coefficient (Wildman–Crippen LogP) is 2.53. The fraction of sp³-hybridized carbons (Fsp3) is 0.429. The van der Waals surface area contributed by atoms with Crippen LogP contribution >= 0.6 is 0 Å². The van der Waals surface area contributed by atoms with Crippen LogP contribution in [0.3, 0.4) is 0 Å². The van der Waals surface area contributed by atoms with Crippen LogP contribution in [0, 0.1) is 5.82 Å². The Balaban J connectivity index is 1.31. The van der Waals surface area contributed by atoms with Crippen LogP contribution < -0.4 is 4.90 Å². The van der Waals surface area contributed by atoms with Gasteiger partial charge in [0.1, 0.15) is 11.6 Å². The average Bonchev–Trinajstić information content (AvgIpc) is 3.55. The van der Waals surface area contributed by atoms with Crippen molar-refractivity contribution in [2.45, 2.75) is 25.4 Å². The second-order valence-electron chi connectivity index (χ2n) is 7.32. The first-order valence-electron chi connectivity index (χ1n) is 9.61. The third-order valence-corrected chi connectivity index (χ3v) is 5.31. The van der Waals surface area contributed by atoms with Crippen molar-refractivity contribution in [3.63, 3.8) is 0 Å². The van der Waals surface area contributed by atoms with Gasteiger partial charge in [-0.3, -0.25) is 9.69 Å². The Morgan fingerprint density at radius 3 is 2.44 bits per heavy atom. The van der Waals surface area contributed by atoms with Crippen molar-refractivity contribution < 1.29 is 9.18 Å². The number of hydrogen-bond acceptors (Lipinski definition) is 4. The average molecular weight is 368 g/mol. The Kier molecular flexibility index (Phi) is 5.34. The fourth-order valence-electron chi connectivity index (χ4n) is 3.58. The smallest absolute Gasteiger partial charge is 0.236 e. The number of pyridine rings is 1. The Morgan fingerprint density at radius 1 is 1.07 bits per heavy atom. The molecule has 1 saturated carbocycles. The van der Waals surface area contributed by atoms with Crippen LogP contribution in [0.1, 0.15) is 18.4 Å². The van der Waals surface area contributed by atoms with Gasteiger partial charge in [-0.15, -0.1) is 0 Å². The summed E-state index contributed by atoms with van der Waals surface area (Å²) in [6, 6.07) is 13.0. The number of anilines is 1. The third kappa shape index (κ3) is 4.63. The number of rotatable bonds is 6. The minimum absolute atomic E-state index is 0.185. The maximum absolute atomic E-state index is 13.1. The Labute approximate surface area is 159 Å². The number of carbonyl (C=O) groups is 1. The molecular weight excluding hydrogens is 343 g/mol. The second kappa shape index (κ2) is 8.05. The van der Waals surface area contributed by atoms with E-state index >= 15 is 0 Å². The number of carbonyl (C=O) groups excluding carboxylic acids is 1. The van der Waals surface area contributed by atoms with Gasteiger partial charge in [0.2, 0.25) is 5.91 Å². The quantitative estimate of drug-likeness (QED) is 0.786. The lowest BCUT2D eigenvalue weighted by Crippen LogP contribution is -2.51. The molecule has 1 aromatic carbocycles. The van der Waals surface area contributed by atoms with Crippen molar-refractivity contribution in [2.24, 2.45) is 0 Å². The molecule has 1 aliphatic heterocycles. The third-order valence-electron chi connectivity index (χ3n) is 5.31. The fourth-order valence-corrected chi connectivity index (χ4v) is 3.58. The molecule has 1 aromatic heterocycles. The van der Waals surface area contributed by atoms with Gasteiger partial charge in [-0.2, -0.15) is 0 Å². The van der Waals surface area contributed by atoms with Gasteiger partial charge in [-0.25, -0.2) is 9.37 Å². The van der Waals surface area contributed by atoms with E-state index in [0.717, 1.165) is 50.4 Å². The zero-order valence-electron chi connectivity index (χ0n) is 15.4. The van der Waals surface area contributed by atoms with E-state index in [4.69, 9.17) is 0 Å². The minimum Gasteiger partial charge on any atom is -0.353 e. The molecule has 2 aliphatic rings. The van der Waals surface area contributed by atoms with Crippen LogP contribution in [0.4, 0.5) is 10.2 Å². The number of benzene rings is 1. The van der Waals surface area contributed by atoms with Crippen LogP contribution in [-0.4, -0.2) is 59.5 Å². The van der Waals surface area contributed by atoms with Gasteiger partial charge in [0, 0.05) is 45.0 Å². The molecule has 142 valence electrons. The van der Waals surface area contributed by atoms with Crippen molar-refractivity contribution in [3.8, 4) is 0 Å². The maximum Gasteiger partial charge on any atom is 0.236 e. The number of hydrogen-bond donors (Lipinski definition) is 0. The highest BCUT2D eigenvalue weighted by Crippen LogP contribution is 2.28. The molecule has 0 atom stereocenters. The summed E-state index contributed by atoms with van der Waals surface area (Å²) in [5.41, 5.74) is 1.05. The molecule has 2 aromatic rings. The van der Waals surface area contributed by atoms with Gasteiger partial charge >= 0.3 is 0 Å². The molecule has 2 heterocycles. The number of piperazine rings is 1. The van der Waals surface area contributed by atoms with E-state index in [1.54, 1.807) is 18.3 Å². The molecule has 0 spiro atoms. The largest absolute Gasteiger partial charge is 0.353 e. The monoisotopic (exact) mass is 368 g/mol. The molecule has 0 radical (unpaired) electrons. The predicted molar refractivity (Wildman–Crippen MR) is 103 cm³/mol. The lowest BCUT2D eigenvalue weighted by molar-refractivity contribution is -0.133. The maximum atomic E-state index is 13.1. The molecule has 4 rings (SSSR count). The minimum atomic E-state index is -0.224. The molecule has 0 unspecified atom stereocenters. The Bertz CT molecular complexity index is 756. The van der Waals surface area contributed by atoms with Gasteiger partial charge in [0.25, 0.3) is 0 Å². The highest BCUT2D eigenvalue weighted by atomic mass is 19.1. The summed E-state index contributed by atoms with van der Waals surface area (Å²) < 4.78 is 13.1. The summed E-state index contributed by atoms with van der Waals surface area (Å²) in [4.78, 5) is 23.6. The summed E-state index contributed by atoms with van der Waals surface area (Å²) in [6.45, 7) is 4.21. The molecule has 1 saturated heterocycles. The van der Waals surface area contributed by atoms with Crippen molar-refractivity contribution in [1.29, 1.82) is 0 Å². The van der Waals surface area contributed by atoms with E-state index in [9.17, 15) is 9.18 Å². The van der Waals surface area contributed by atoms with Crippen LogP contribution in [-0.2, 0) is 11.3 Å². The summed E-state index contributed by atoms with van der Waals surface area (Å²) in [5.74, 6) is 0.934. The number of aromatic nitrogens is 1. The molecular formula is C21H25FN4O. The zero-order chi connectivity index (χ0) is 18.6. The van der Waals surface area contributed by atoms with E-state index in [2.05, 4.69) is 14.8 Å². The van der Waals surface area contributed by atoms with Crippen LogP contribution in [0.15, 0.2) is 48.7 Å². The topological polar surface area (TPSA) is 39.7 Å². The SMILES string of the molecule is O=C(CN(Cc1ccc(F)cc1)C1CC1)N1CCN(c2ccccn2)CC1. The van der Waals surface area contributed by atoms with Gasteiger partial charge in [-0.05, 0) is 42.7 Å². The first-order chi connectivity index (χ1) is 13.2. The van der Waals surface area contributed by atoms with E-state index < -0.39 is 0 Å². The zero-order valence-corrected chi connectivity index (χ0v) is 15.4. The summed E-state index contributed by atoms with van der Waals surface area (Å²) >= 11 is 0. The number of nitrogens with zero attached hydrogens (tertiary/aromatic N) is 4. The van der Waals surface area contributed by atoms with E-state index in [1.165, 1.54) is 12.1 Å². The van der Waals surface area contributed by atoms with Crippen LogP contribution in [0.25, 0.3) is 0 Å². The lowest BCUT2D eigenvalue weighted by atomic mass is 10.2. The molecule has 0 bridgehead atoms. The van der Waals surface area contributed by atoms with Gasteiger partial charge in [0.15, 0.2) is 0 Å². The van der Waals surface area contributed by atoms with Crippen LogP contribution in [0.2, 0.25) is 0 Å². The first-order valence-corrected chi connectivity index (χ1v) is 9.61. The first kappa shape index (κ1) is 17.9. The highest BCUT2D eigenvalue weighted by Gasteiger charge is 2.32. The molecule has 1 amide bonds. The van der Waals surface area contributed by atoms with Crippen molar-refractivity contribution in [2.75, 3.05) is 37.6 Å². The van der Waals surface area contributed by atoms with Gasteiger partial charge < -0.3 is 9.80 Å². The molecule has 6 heteroatoms. The highest BCUT2D eigenvalue weighted by molar-refractivity contribution is 5.78. The van der Waals surface area contributed by atoms with Gasteiger partial charge in [0.05, 0.1) is 6.54 Å². The lowest BCUT2D eigenvalue weighted by Gasteiger charge is -2.36. The van der Waals surface area contributed by atoms with E-state index in [1.807, 2.05) is 23.1 Å². The van der Waals surface area contributed by atoms with E-state index in [-0.39, 0.29) is 11.7 Å². The standard InChI is InChI=1S/C21H25FN4O/c22-18-6-4-17(5-7-18)15-26(19-8-9-19)16-21(27)25-13-11-24(12-14-25)20-3-1-2-10-23-20/h1-7,10,19H,8-9,11-16H2. The number of amides is 1. The van der Waals surface area contributed by atoms with Crippen LogP contribution in [0.5, 0.6) is 0 Å². The summed E-state index contributed by atoms with van der Waals surface area (Å²) in [6.07, 6.45) is 4.08. The Hall–Kier alpha value is -2.47.